The SMILES string of the molecule is CCc1nc2cc(F)c(F)cc2n1-c1cc(N)cc(Nc2ccc(C(F)(F)F)cc2)n1.Cc1nc2cc(F)c(F)cc2n1-c1cncc(Nc2ccc(C(F)F)cc2)n1.Cc1nc2cc(F)c(F)cc2n1-c1cncc(Nc2ccc(C=O)cc2)n1.Cc1nc2ccccc2n1-c1cc(F)cc(Nc2ccc(OC(F)F)cc2)n1.Cc1nn2ccccc2c1-c1cncc(Nc2ccc(OC(F)(F)F)cc2)n1. The number of imidazole rings is 4. The normalized spacial score (nSPS) is 11.4. The number of benzene rings is 9. The van der Waals surface area contributed by atoms with Crippen LogP contribution in [0.25, 0.3) is 84.2 Å². The summed E-state index contributed by atoms with van der Waals surface area (Å²) >= 11 is 0. The highest BCUT2D eigenvalue weighted by Gasteiger charge is 2.32. The summed E-state index contributed by atoms with van der Waals surface area (Å²) < 4.78 is 237. The van der Waals surface area contributed by atoms with E-state index in [0.717, 1.165) is 88.3 Å². The Morgan fingerprint density at radius 1 is 0.401 bits per heavy atom. The van der Waals surface area contributed by atoms with Gasteiger partial charge < -0.3 is 41.8 Å². The number of nitrogens with two attached hydrogens (primary N) is 1. The molecule has 0 amide bonds. The summed E-state index contributed by atoms with van der Waals surface area (Å²) in [4.78, 5) is 62.9. The third-order valence-corrected chi connectivity index (χ3v) is 20.9. The van der Waals surface area contributed by atoms with Crippen molar-refractivity contribution in [3.8, 4) is 46.0 Å². The van der Waals surface area contributed by atoms with Crippen LogP contribution in [0, 0.1) is 68.4 Å². The molecule has 11 heterocycles. The fourth-order valence-corrected chi connectivity index (χ4v) is 14.7. The van der Waals surface area contributed by atoms with Crippen LogP contribution in [0.5, 0.6) is 11.5 Å². The number of hydrogen-bond acceptors (Lipinski definition) is 22. The lowest BCUT2D eigenvalue weighted by Gasteiger charge is -2.13. The second-order valence-corrected chi connectivity index (χ2v) is 30.8. The first-order valence-corrected chi connectivity index (χ1v) is 42.2. The highest BCUT2D eigenvalue weighted by molar-refractivity contribution is 5.84. The minimum absolute atomic E-state index is 0.0361. The molecule has 0 aliphatic heterocycles. The van der Waals surface area contributed by atoms with Gasteiger partial charge in [-0.25, -0.2) is 88.9 Å². The number of rotatable bonds is 21. The van der Waals surface area contributed by atoms with Gasteiger partial charge in [0.2, 0.25) is 0 Å². The number of nitrogens with zero attached hydrogens (tertiary/aromatic N) is 18. The fraction of sp³-hybridized carbons (Fsp3) is 0.102. The first-order valence-electron chi connectivity index (χ1n) is 42.2. The number of carbonyl (C=O) groups is 1. The minimum atomic E-state index is -4.72. The molecule has 0 saturated carbocycles. The second kappa shape index (κ2) is 41.5. The maximum Gasteiger partial charge on any atom is 0.573 e. The Kier molecular flexibility index (Phi) is 28.4. The van der Waals surface area contributed by atoms with Crippen LogP contribution in [0.4, 0.5) is 138 Å². The lowest BCUT2D eigenvalue weighted by atomic mass is 10.1. The summed E-state index contributed by atoms with van der Waals surface area (Å²) in [6.45, 7) is 6.05. The molecule has 0 fully saturated rings. The van der Waals surface area contributed by atoms with Crippen LogP contribution in [0.1, 0.15) is 63.8 Å². The molecule has 0 atom stereocenters. The Hall–Kier alpha value is -18.0. The molecule has 27 nitrogen and oxygen atoms in total. The number of anilines is 11. The van der Waals surface area contributed by atoms with Gasteiger partial charge in [-0.05, 0) is 161 Å². The summed E-state index contributed by atoms with van der Waals surface area (Å²) in [6.07, 6.45) is 0.506. The molecule has 0 unspecified atom stereocenters. The van der Waals surface area contributed by atoms with Crippen molar-refractivity contribution >= 4 is 119 Å². The number of pyridine rings is 3. The average molecular weight is 1960 g/mol. The third kappa shape index (κ3) is 22.9. The minimum Gasteiger partial charge on any atom is -0.435 e. The topological polar surface area (TPSA) is 313 Å². The molecule has 7 N–H and O–H groups in total. The van der Waals surface area contributed by atoms with Gasteiger partial charge in [0.05, 0.1) is 109 Å². The fourth-order valence-electron chi connectivity index (χ4n) is 14.7. The smallest absolute Gasteiger partial charge is 0.435 e. The Morgan fingerprint density at radius 3 is 1.33 bits per heavy atom. The lowest BCUT2D eigenvalue weighted by Crippen LogP contribution is -2.16. The van der Waals surface area contributed by atoms with Crippen molar-refractivity contribution in [1.29, 1.82) is 0 Å². The first-order chi connectivity index (χ1) is 68.0. The van der Waals surface area contributed by atoms with Crippen molar-refractivity contribution < 1.29 is 88.9 Å². The van der Waals surface area contributed by atoms with Crippen molar-refractivity contribution in [2.24, 2.45) is 0 Å². The molecule has 142 heavy (non-hydrogen) atoms. The molecular weight excluding hydrogens is 1880 g/mol. The molecule has 720 valence electrons. The molecule has 0 saturated heterocycles. The number of aromatic nitrogens is 18. The molecule has 20 aromatic rings. The number of alkyl halides is 10. The maximum atomic E-state index is 14.2. The van der Waals surface area contributed by atoms with Gasteiger partial charge in [-0.1, -0.05) is 37.3 Å². The summed E-state index contributed by atoms with van der Waals surface area (Å²) in [7, 11) is 0. The molecule has 0 aliphatic rings. The van der Waals surface area contributed by atoms with Crippen LogP contribution in [0.15, 0.2) is 268 Å². The zero-order valence-corrected chi connectivity index (χ0v) is 74.1. The van der Waals surface area contributed by atoms with Crippen molar-refractivity contribution in [1.82, 2.24) is 87.7 Å². The van der Waals surface area contributed by atoms with Crippen LogP contribution in [0.3, 0.4) is 0 Å². The second-order valence-electron chi connectivity index (χ2n) is 30.8. The number of aryl methyl sites for hydroxylation is 5. The van der Waals surface area contributed by atoms with Crippen LogP contribution in [-0.2, 0) is 12.6 Å². The predicted octanol–water partition coefficient (Wildman–Crippen LogP) is 24.6. The summed E-state index contributed by atoms with van der Waals surface area (Å²) in [6, 6.07) is 53.3. The number of nitrogens with one attached hydrogen (secondary N) is 5. The number of fused-ring (bicyclic) bond motifs is 5. The zero-order valence-electron chi connectivity index (χ0n) is 74.1. The average Bonchev–Trinajstić information content (AvgIpc) is 1.63. The van der Waals surface area contributed by atoms with Gasteiger partial charge in [-0.3, -0.25) is 38.0 Å². The van der Waals surface area contributed by atoms with Crippen LogP contribution in [-0.4, -0.2) is 107 Å². The molecule has 0 aliphatic carbocycles. The number of aldehydes is 1. The zero-order chi connectivity index (χ0) is 101. The quantitative estimate of drug-likeness (QED) is 0.0288. The van der Waals surface area contributed by atoms with Gasteiger partial charge in [-0.15, -0.1) is 13.2 Å². The van der Waals surface area contributed by atoms with Crippen LogP contribution in [0.2, 0.25) is 0 Å². The standard InChI is InChI=1S/C21H16F5N5.C20H15F3N4O.C19H13F4N5.C19H14F3N5O.C19H13F2N5O/c1-2-19-29-16-9-14(22)15(23)10-17(16)31(19)20-8-12(27)7-18(30-20)28-13-5-3-11(4-6-13)21(24,25)26;1-12-24-16-4-2-3-5-17(16)27(12)19-11-13(21)10-18(26-19)25-14-6-8-15(9-7-14)28-20(22)23;1-10-25-15-6-13(20)14(21)7-16(15)28(10)18-9-24-8-17(27-18)26-12-4-2-11(3-5-12)19(22)23;1-12-18(16-4-2-3-9-27(16)26-12)15-10-23-11-17(25-15)24-13-5-7-14(8-6-13)28-19(20,21)22;1-11-23-16-6-14(20)15(21)7-17(16)26(11)19-9-22-8-18(25-19)24-13-4-2-12(10-27)3-5-13/h3-10H,2H2,1H3,(H3,27,28,30);2-11,20H,1H3,(H,25,26);2-9,19H,1H3,(H,26,27);2-11H,1H3,(H,24,25);2-10H,1H3,(H,24,25). The van der Waals surface area contributed by atoms with E-state index < -0.39 is 71.9 Å². The highest BCUT2D eigenvalue weighted by atomic mass is 19.4. The molecule has 11 aromatic heterocycles. The van der Waals surface area contributed by atoms with Crippen molar-refractivity contribution in [3.63, 3.8) is 0 Å². The Bertz CT molecular complexity index is 7990. The number of para-hydroxylation sites is 2. The maximum absolute atomic E-state index is 14.2. The molecule has 0 spiro atoms. The molecule has 20 rings (SSSR count). The van der Waals surface area contributed by atoms with Crippen molar-refractivity contribution in [3.05, 3.63) is 354 Å². The van der Waals surface area contributed by atoms with Crippen molar-refractivity contribution in [2.75, 3.05) is 32.3 Å². The largest absolute Gasteiger partial charge is 0.573 e. The molecular formula is C98H71F17N24O3. The first kappa shape index (κ1) is 97.1. The molecule has 9 aromatic carbocycles. The van der Waals surface area contributed by atoms with E-state index in [1.54, 1.807) is 85.3 Å². The van der Waals surface area contributed by atoms with Crippen molar-refractivity contribution in [2.45, 2.75) is 66.6 Å². The van der Waals surface area contributed by atoms with Gasteiger partial charge >= 0.3 is 19.2 Å². The molecule has 44 heteroatoms. The number of carbonyl (C=O) groups excluding carboxylic acids is 1. The summed E-state index contributed by atoms with van der Waals surface area (Å²) in [5.41, 5.74) is 15.5. The van der Waals surface area contributed by atoms with Crippen LogP contribution >= 0.6 is 0 Å². The van der Waals surface area contributed by atoms with Gasteiger partial charge in [0.1, 0.15) is 76.0 Å². The van der Waals surface area contributed by atoms with Gasteiger partial charge in [-0.2, -0.15) is 27.1 Å². The van der Waals surface area contributed by atoms with Gasteiger partial charge in [0.25, 0.3) is 6.43 Å². The van der Waals surface area contributed by atoms with Gasteiger partial charge in [0.15, 0.2) is 58.2 Å². The lowest BCUT2D eigenvalue weighted by molar-refractivity contribution is -0.274. The number of halogens is 17. The number of hydrogen-bond donors (Lipinski definition) is 6. The third-order valence-electron chi connectivity index (χ3n) is 20.9. The Labute approximate surface area is 791 Å². The van der Waals surface area contributed by atoms with Gasteiger partial charge in [0, 0.05) is 119 Å². The van der Waals surface area contributed by atoms with E-state index in [9.17, 15) is 79.4 Å². The Balaban J connectivity index is 0.000000128. The van der Waals surface area contributed by atoms with E-state index in [1.165, 1.54) is 122 Å². The van der Waals surface area contributed by atoms with E-state index in [2.05, 4.69) is 101 Å². The van der Waals surface area contributed by atoms with E-state index >= 15 is 0 Å². The van der Waals surface area contributed by atoms with E-state index in [4.69, 9.17) is 5.73 Å². The Morgan fingerprint density at radius 2 is 0.824 bits per heavy atom. The van der Waals surface area contributed by atoms with E-state index in [-0.39, 0.29) is 34.2 Å². The number of nitrogen functional groups attached to an aromatic ring is 1. The van der Waals surface area contributed by atoms with E-state index in [1.807, 2.05) is 69.4 Å². The van der Waals surface area contributed by atoms with E-state index in [0.29, 0.717) is 138 Å². The summed E-state index contributed by atoms with van der Waals surface area (Å²) in [5.74, 6) is -1.20. The molecule has 0 radical (unpaired) electrons. The monoisotopic (exact) mass is 1950 g/mol. The predicted molar refractivity (Wildman–Crippen MR) is 497 cm³/mol. The number of ether oxygens (including phenoxy) is 2. The molecule has 0 bridgehead atoms. The highest BCUT2D eigenvalue weighted by Crippen LogP contribution is 2.37. The summed E-state index contributed by atoms with van der Waals surface area (Å²) in [5, 5.41) is 19.4. The van der Waals surface area contributed by atoms with Crippen LogP contribution < -0.4 is 41.8 Å².